The number of amides is 2. The van der Waals surface area contributed by atoms with Crippen LogP contribution in [-0.2, 0) is 28.6 Å². The van der Waals surface area contributed by atoms with Gasteiger partial charge in [-0.15, -0.1) is 0 Å². The van der Waals surface area contributed by atoms with Gasteiger partial charge in [0.2, 0.25) is 11.6 Å². The third kappa shape index (κ3) is 9.22. The zero-order chi connectivity index (χ0) is 31.8. The van der Waals surface area contributed by atoms with Gasteiger partial charge < -0.3 is 35.7 Å². The summed E-state index contributed by atoms with van der Waals surface area (Å²) in [7, 11) is 2.95. The minimum atomic E-state index is -0.992. The van der Waals surface area contributed by atoms with Crippen LogP contribution in [0.4, 0.5) is 4.79 Å². The maximum Gasteiger partial charge on any atom is 0.405 e. The van der Waals surface area contributed by atoms with E-state index in [2.05, 4.69) is 10.6 Å². The topological polar surface area (TPSA) is 166 Å². The molecule has 1 aliphatic heterocycles. The third-order valence-corrected chi connectivity index (χ3v) is 8.06. The summed E-state index contributed by atoms with van der Waals surface area (Å²) < 4.78 is 16.6. The van der Waals surface area contributed by atoms with Crippen molar-refractivity contribution in [2.45, 2.75) is 77.8 Å². The number of hydrogen-bond acceptors (Lipinski definition) is 9. The van der Waals surface area contributed by atoms with Gasteiger partial charge in [0.25, 0.3) is 5.91 Å². The molecule has 0 spiro atoms. The largest absolute Gasteiger partial charge is 0.439 e. The first-order valence-electron chi connectivity index (χ1n) is 14.7. The summed E-state index contributed by atoms with van der Waals surface area (Å²) in [4.78, 5) is 51.6. The summed E-state index contributed by atoms with van der Waals surface area (Å²) in [5.74, 6) is -1.47. The van der Waals surface area contributed by atoms with E-state index in [1.807, 2.05) is 13.8 Å². The SMILES string of the molecule is CO[C@H]1/C=C\C=C(/C)C(=O)NC2=CC(=O)C(NCC3CC3)=C(CC(C)C[C@H](OC)[C@H](O)C(C)/C=C(\C)[C@@H]1OC(N)=O)C2=O. The van der Waals surface area contributed by atoms with E-state index >= 15 is 0 Å². The van der Waals surface area contributed by atoms with Gasteiger partial charge in [-0.3, -0.25) is 14.4 Å². The van der Waals surface area contributed by atoms with Gasteiger partial charge in [-0.2, -0.15) is 0 Å². The quantitative estimate of drug-likeness (QED) is 0.265. The number of rotatable bonds is 6. The highest BCUT2D eigenvalue weighted by molar-refractivity contribution is 6.23. The van der Waals surface area contributed by atoms with E-state index in [1.54, 1.807) is 32.1 Å². The Morgan fingerprint density at radius 1 is 1.14 bits per heavy atom. The van der Waals surface area contributed by atoms with Crippen LogP contribution in [-0.4, -0.2) is 73.9 Å². The molecule has 0 saturated heterocycles. The molecule has 5 N–H and O–H groups in total. The molecule has 3 aliphatic rings. The minimum absolute atomic E-state index is 0.0923. The highest BCUT2D eigenvalue weighted by atomic mass is 16.6. The van der Waals surface area contributed by atoms with Gasteiger partial charge in [0, 0.05) is 43.9 Å². The van der Waals surface area contributed by atoms with Crippen LogP contribution in [0.1, 0.15) is 53.4 Å². The molecular weight excluding hydrogens is 554 g/mol. The molecule has 11 nitrogen and oxygen atoms in total. The van der Waals surface area contributed by atoms with Crippen LogP contribution in [0.2, 0.25) is 0 Å². The monoisotopic (exact) mass is 599 g/mol. The molecule has 0 aromatic rings. The fourth-order valence-electron chi connectivity index (χ4n) is 5.35. The number of carbonyl (C=O) groups excluding carboxylic acids is 4. The molecule has 1 fully saturated rings. The lowest BCUT2D eigenvalue weighted by atomic mass is 9.85. The molecule has 2 unspecified atom stereocenters. The van der Waals surface area contributed by atoms with E-state index in [1.165, 1.54) is 26.4 Å². The Kier molecular flexibility index (Phi) is 12.1. The molecule has 2 aliphatic carbocycles. The van der Waals surface area contributed by atoms with Gasteiger partial charge in [-0.05, 0) is 56.9 Å². The number of ketones is 2. The van der Waals surface area contributed by atoms with Crippen LogP contribution < -0.4 is 16.4 Å². The lowest BCUT2D eigenvalue weighted by Crippen LogP contribution is -2.38. The van der Waals surface area contributed by atoms with Crippen LogP contribution in [0.5, 0.6) is 0 Å². The zero-order valence-electron chi connectivity index (χ0n) is 25.8. The fraction of sp³-hybridized carbons (Fsp3) is 0.562. The van der Waals surface area contributed by atoms with Gasteiger partial charge in [0.15, 0.2) is 6.10 Å². The van der Waals surface area contributed by atoms with Crippen molar-refractivity contribution in [3.05, 3.63) is 58.5 Å². The van der Waals surface area contributed by atoms with Crippen molar-refractivity contribution in [3.63, 3.8) is 0 Å². The molecule has 6 atom stereocenters. The average Bonchev–Trinajstić information content (AvgIpc) is 3.78. The molecule has 43 heavy (non-hydrogen) atoms. The summed E-state index contributed by atoms with van der Waals surface area (Å²) in [5, 5.41) is 17.1. The number of aliphatic hydroxyl groups excluding tert-OH is 1. The Morgan fingerprint density at radius 2 is 1.84 bits per heavy atom. The molecule has 1 heterocycles. The Morgan fingerprint density at radius 3 is 2.44 bits per heavy atom. The third-order valence-electron chi connectivity index (χ3n) is 8.06. The fourth-order valence-corrected chi connectivity index (χ4v) is 5.35. The number of carbonyl (C=O) groups is 4. The highest BCUT2D eigenvalue weighted by Gasteiger charge is 2.34. The molecular formula is C32H45N3O8. The van der Waals surface area contributed by atoms with Crippen molar-refractivity contribution < 1.29 is 38.5 Å². The van der Waals surface area contributed by atoms with E-state index in [0.29, 0.717) is 30.0 Å². The Balaban J connectivity index is 2.04. The molecule has 0 radical (unpaired) electrons. The zero-order valence-corrected chi connectivity index (χ0v) is 25.8. The highest BCUT2D eigenvalue weighted by Crippen LogP contribution is 2.31. The minimum Gasteiger partial charge on any atom is -0.439 e. The van der Waals surface area contributed by atoms with E-state index in [0.717, 1.165) is 12.8 Å². The van der Waals surface area contributed by atoms with E-state index in [4.69, 9.17) is 19.9 Å². The Hall–Kier alpha value is -3.54. The molecule has 1 saturated carbocycles. The number of allylic oxidation sites excluding steroid dienone is 4. The molecule has 0 aromatic heterocycles. The van der Waals surface area contributed by atoms with Gasteiger partial charge >= 0.3 is 6.09 Å². The lowest BCUT2D eigenvalue weighted by molar-refractivity contribution is -0.120. The smallest absolute Gasteiger partial charge is 0.405 e. The van der Waals surface area contributed by atoms with Crippen LogP contribution in [0.25, 0.3) is 0 Å². The van der Waals surface area contributed by atoms with Gasteiger partial charge in [-0.1, -0.05) is 38.2 Å². The second-order valence-corrected chi connectivity index (χ2v) is 11.8. The van der Waals surface area contributed by atoms with Crippen LogP contribution >= 0.6 is 0 Å². The molecule has 0 aromatic carbocycles. The molecule has 2 amide bonds. The van der Waals surface area contributed by atoms with Gasteiger partial charge in [0.1, 0.15) is 6.10 Å². The molecule has 11 heteroatoms. The molecule has 236 valence electrons. The van der Waals surface area contributed by atoms with Crippen LogP contribution in [0.15, 0.2) is 58.5 Å². The Bertz CT molecular complexity index is 1240. The normalized spacial score (nSPS) is 33.0. The predicted octanol–water partition coefficient (Wildman–Crippen LogP) is 2.76. The summed E-state index contributed by atoms with van der Waals surface area (Å²) in [6.45, 7) is 7.65. The molecule has 3 rings (SSSR count). The number of nitrogens with two attached hydrogens (primary N) is 1. The maximum atomic E-state index is 13.7. The number of ether oxygens (including phenoxy) is 3. The summed E-state index contributed by atoms with van der Waals surface area (Å²) in [5.41, 5.74) is 6.69. The van der Waals surface area contributed by atoms with Gasteiger partial charge in [-0.25, -0.2) is 4.79 Å². The van der Waals surface area contributed by atoms with E-state index < -0.39 is 48.1 Å². The Labute approximate surface area is 253 Å². The number of fused-ring (bicyclic) bond motifs is 2. The summed E-state index contributed by atoms with van der Waals surface area (Å²) >= 11 is 0. The number of aliphatic hydroxyl groups is 1. The average molecular weight is 600 g/mol. The predicted molar refractivity (Wildman–Crippen MR) is 160 cm³/mol. The van der Waals surface area contributed by atoms with Crippen molar-refractivity contribution in [2.24, 2.45) is 23.5 Å². The number of primary amides is 1. The van der Waals surface area contributed by atoms with Crippen LogP contribution in [0, 0.1) is 17.8 Å². The first kappa shape index (κ1) is 34.0. The second-order valence-electron chi connectivity index (χ2n) is 11.8. The van der Waals surface area contributed by atoms with E-state index in [-0.39, 0.29) is 35.1 Å². The standard InChI is InChI=1S/C32H45N3O8/c1-17-12-22-27(34-16-21-10-11-21)24(36)15-23(29(22)38)35-31(39)18(2)8-7-9-25(41-5)30(43-32(33)40)20(4)14-19(3)28(37)26(13-17)42-6/h7-9,14-15,17,19,21,25-26,28,30,34,37H,10-13,16H2,1-6H3,(H2,33,40)(H,35,39)/b9-7-,18-8+,20-14+/t17?,19?,25-,26-,28+,30-/m0/s1. The lowest BCUT2D eigenvalue weighted by Gasteiger charge is -2.30. The second kappa shape index (κ2) is 15.3. The number of hydrogen-bond donors (Lipinski definition) is 4. The number of Topliss-reactive ketones (excluding diaryl/α,β-unsaturated/α-hetero) is 1. The van der Waals surface area contributed by atoms with Crippen molar-refractivity contribution >= 4 is 23.6 Å². The van der Waals surface area contributed by atoms with Crippen molar-refractivity contribution in [2.75, 3.05) is 20.8 Å². The first-order valence-corrected chi connectivity index (χ1v) is 14.7. The van der Waals surface area contributed by atoms with E-state index in [9.17, 15) is 24.3 Å². The first-order chi connectivity index (χ1) is 20.4. The van der Waals surface area contributed by atoms with Crippen molar-refractivity contribution in [1.82, 2.24) is 10.6 Å². The maximum absolute atomic E-state index is 13.7. The molecule has 2 bridgehead atoms. The number of methoxy groups -OCH3 is 2. The van der Waals surface area contributed by atoms with Crippen molar-refractivity contribution in [1.29, 1.82) is 0 Å². The number of nitrogens with one attached hydrogen (secondary N) is 2. The summed E-state index contributed by atoms with van der Waals surface area (Å²) in [6, 6.07) is 0. The summed E-state index contributed by atoms with van der Waals surface area (Å²) in [6.07, 6.45) is 6.18. The van der Waals surface area contributed by atoms with Crippen LogP contribution in [0.3, 0.4) is 0 Å². The van der Waals surface area contributed by atoms with Gasteiger partial charge in [0.05, 0.1) is 23.6 Å². The van der Waals surface area contributed by atoms with Crippen molar-refractivity contribution in [3.8, 4) is 0 Å².